The Balaban J connectivity index is 1.87. The number of aliphatic imine (C=N–C) groups is 1. The number of methoxy groups -OCH3 is 1. The molecule has 0 aliphatic carbocycles. The van der Waals surface area contributed by atoms with Gasteiger partial charge in [-0.25, -0.2) is 0 Å². The molecule has 134 valence electrons. The Hall–Kier alpha value is -2.81. The van der Waals surface area contributed by atoms with Gasteiger partial charge in [0.1, 0.15) is 5.75 Å². The van der Waals surface area contributed by atoms with Crippen molar-refractivity contribution in [2.24, 2.45) is 4.99 Å². The van der Waals surface area contributed by atoms with Crippen molar-refractivity contribution in [3.05, 3.63) is 77.6 Å². The smallest absolute Gasteiger partial charge is 0.119 e. The van der Waals surface area contributed by atoms with Gasteiger partial charge in [-0.2, -0.15) is 0 Å². The normalized spacial score (nSPS) is 11.9. The van der Waals surface area contributed by atoms with Crippen LogP contribution in [0.15, 0.2) is 65.7 Å². The van der Waals surface area contributed by atoms with Gasteiger partial charge in [0.05, 0.1) is 24.7 Å². The fourth-order valence-corrected chi connectivity index (χ4v) is 2.93. The first-order valence-corrected chi connectivity index (χ1v) is 8.86. The van der Waals surface area contributed by atoms with Crippen molar-refractivity contribution in [2.45, 2.75) is 33.1 Å². The molecular weight excluding hydrogens is 320 g/mol. The summed E-state index contributed by atoms with van der Waals surface area (Å²) in [6, 6.07) is 20.7. The maximum atomic E-state index is 5.25. The van der Waals surface area contributed by atoms with E-state index >= 15 is 0 Å². The van der Waals surface area contributed by atoms with Crippen LogP contribution in [0.2, 0.25) is 0 Å². The van der Waals surface area contributed by atoms with Gasteiger partial charge in [-0.15, -0.1) is 0 Å². The second-order valence-corrected chi connectivity index (χ2v) is 7.49. The molecule has 3 heteroatoms. The van der Waals surface area contributed by atoms with Gasteiger partial charge in [0.15, 0.2) is 0 Å². The maximum absolute atomic E-state index is 5.25. The van der Waals surface area contributed by atoms with E-state index in [1.54, 1.807) is 7.11 Å². The highest BCUT2D eigenvalue weighted by atomic mass is 16.5. The highest BCUT2D eigenvalue weighted by Crippen LogP contribution is 2.25. The molecule has 0 saturated heterocycles. The van der Waals surface area contributed by atoms with Crippen molar-refractivity contribution in [3.8, 4) is 11.4 Å². The number of nitrogens with zero attached hydrogens (tertiary/aromatic N) is 2. The molecule has 3 rings (SSSR count). The molecule has 0 aliphatic heterocycles. The van der Waals surface area contributed by atoms with Gasteiger partial charge in [-0.3, -0.25) is 4.99 Å². The number of aromatic nitrogens is 1. The van der Waals surface area contributed by atoms with E-state index in [0.29, 0.717) is 0 Å². The topological polar surface area (TPSA) is 26.5 Å². The number of hydrogen-bond donors (Lipinski definition) is 0. The summed E-state index contributed by atoms with van der Waals surface area (Å²) < 4.78 is 7.44. The molecule has 1 aromatic heterocycles. The van der Waals surface area contributed by atoms with Crippen molar-refractivity contribution in [3.63, 3.8) is 0 Å². The Morgan fingerprint density at radius 3 is 2.12 bits per heavy atom. The molecule has 0 fully saturated rings. The molecule has 3 nitrogen and oxygen atoms in total. The molecule has 0 atom stereocenters. The van der Waals surface area contributed by atoms with Crippen LogP contribution < -0.4 is 4.74 Å². The largest absolute Gasteiger partial charge is 0.497 e. The van der Waals surface area contributed by atoms with Crippen LogP contribution in [-0.4, -0.2) is 17.9 Å². The zero-order valence-electron chi connectivity index (χ0n) is 16.2. The Morgan fingerprint density at radius 1 is 0.885 bits per heavy atom. The highest BCUT2D eigenvalue weighted by molar-refractivity contribution is 5.81. The van der Waals surface area contributed by atoms with Crippen LogP contribution in [0.5, 0.6) is 5.75 Å². The van der Waals surface area contributed by atoms with Crippen LogP contribution in [0.1, 0.15) is 37.7 Å². The van der Waals surface area contributed by atoms with Gasteiger partial charge < -0.3 is 9.30 Å². The number of benzene rings is 2. The van der Waals surface area contributed by atoms with Crippen molar-refractivity contribution in [1.82, 2.24) is 4.57 Å². The minimum atomic E-state index is 0.155. The Morgan fingerprint density at radius 2 is 1.54 bits per heavy atom. The van der Waals surface area contributed by atoms with Crippen LogP contribution in [0.25, 0.3) is 5.69 Å². The van der Waals surface area contributed by atoms with Gasteiger partial charge in [0.25, 0.3) is 0 Å². The monoisotopic (exact) mass is 346 g/mol. The summed E-state index contributed by atoms with van der Waals surface area (Å²) in [7, 11) is 1.68. The summed E-state index contributed by atoms with van der Waals surface area (Å²) in [4.78, 5) is 4.66. The molecule has 0 bridgehead atoms. The Bertz CT molecular complexity index is 895. The second kappa shape index (κ2) is 7.20. The standard InChI is InChI=1S/C23H26N2O/c1-17-6-11-21(25(17)20-12-14-22(26-5)15-13-20)16-24-19-9-7-18(8-10-19)23(2,3)4/h6-16H,1-5H3. The first kappa shape index (κ1) is 18.0. The maximum Gasteiger partial charge on any atom is 0.119 e. The lowest BCUT2D eigenvalue weighted by Crippen LogP contribution is -2.10. The lowest BCUT2D eigenvalue weighted by atomic mass is 9.87. The molecule has 0 N–H and O–H groups in total. The summed E-state index contributed by atoms with van der Waals surface area (Å²) in [5.74, 6) is 0.854. The lowest BCUT2D eigenvalue weighted by Gasteiger charge is -2.18. The molecule has 0 spiro atoms. The van der Waals surface area contributed by atoms with E-state index < -0.39 is 0 Å². The van der Waals surface area contributed by atoms with E-state index in [9.17, 15) is 0 Å². The van der Waals surface area contributed by atoms with E-state index in [0.717, 1.165) is 22.8 Å². The van der Waals surface area contributed by atoms with Gasteiger partial charge in [0, 0.05) is 11.4 Å². The molecule has 0 amide bonds. The second-order valence-electron chi connectivity index (χ2n) is 7.49. The molecule has 26 heavy (non-hydrogen) atoms. The van der Waals surface area contributed by atoms with Crippen LogP contribution >= 0.6 is 0 Å². The molecule has 0 aliphatic rings. The fraction of sp³-hybridized carbons (Fsp3) is 0.261. The molecule has 0 saturated carbocycles. The SMILES string of the molecule is COc1ccc(-n2c(C)ccc2C=Nc2ccc(C(C)(C)C)cc2)cc1. The minimum absolute atomic E-state index is 0.155. The third kappa shape index (κ3) is 3.88. The van der Waals surface area contributed by atoms with Crippen LogP contribution in [-0.2, 0) is 5.41 Å². The minimum Gasteiger partial charge on any atom is -0.497 e. The third-order valence-corrected chi connectivity index (χ3v) is 4.52. The average molecular weight is 346 g/mol. The number of rotatable bonds is 4. The van der Waals surface area contributed by atoms with Gasteiger partial charge in [-0.1, -0.05) is 32.9 Å². The summed E-state index contributed by atoms with van der Waals surface area (Å²) in [5, 5.41) is 0. The summed E-state index contributed by atoms with van der Waals surface area (Å²) >= 11 is 0. The number of hydrogen-bond acceptors (Lipinski definition) is 2. The van der Waals surface area contributed by atoms with Gasteiger partial charge in [0.2, 0.25) is 0 Å². The highest BCUT2D eigenvalue weighted by Gasteiger charge is 2.12. The van der Waals surface area contributed by atoms with Crippen molar-refractivity contribution in [2.75, 3.05) is 7.11 Å². The molecule has 0 radical (unpaired) electrons. The quantitative estimate of drug-likeness (QED) is 0.545. The fourth-order valence-electron chi connectivity index (χ4n) is 2.93. The zero-order chi connectivity index (χ0) is 18.7. The molecule has 2 aromatic carbocycles. The Kier molecular flexibility index (Phi) is 4.99. The lowest BCUT2D eigenvalue weighted by molar-refractivity contribution is 0.414. The van der Waals surface area contributed by atoms with Crippen molar-refractivity contribution >= 4 is 11.9 Å². The first-order valence-electron chi connectivity index (χ1n) is 8.86. The number of ether oxygens (including phenoxy) is 1. The third-order valence-electron chi connectivity index (χ3n) is 4.52. The van der Waals surface area contributed by atoms with Gasteiger partial charge in [-0.05, 0) is 66.4 Å². The molecular formula is C23H26N2O. The van der Waals surface area contributed by atoms with Crippen LogP contribution in [0, 0.1) is 6.92 Å². The summed E-state index contributed by atoms with van der Waals surface area (Å²) in [6.45, 7) is 8.75. The van der Waals surface area contributed by atoms with E-state index in [-0.39, 0.29) is 5.41 Å². The van der Waals surface area contributed by atoms with Crippen molar-refractivity contribution in [1.29, 1.82) is 0 Å². The van der Waals surface area contributed by atoms with E-state index in [1.807, 2.05) is 18.3 Å². The summed E-state index contributed by atoms with van der Waals surface area (Å²) in [5.41, 5.74) is 5.74. The molecule has 3 aromatic rings. The van der Waals surface area contributed by atoms with Gasteiger partial charge >= 0.3 is 0 Å². The van der Waals surface area contributed by atoms with E-state index in [4.69, 9.17) is 4.74 Å². The summed E-state index contributed by atoms with van der Waals surface area (Å²) in [6.07, 6.45) is 1.92. The van der Waals surface area contributed by atoms with E-state index in [1.165, 1.54) is 11.3 Å². The first-order chi connectivity index (χ1) is 12.4. The zero-order valence-corrected chi connectivity index (χ0v) is 16.2. The van der Waals surface area contributed by atoms with E-state index in [2.05, 4.69) is 85.8 Å². The van der Waals surface area contributed by atoms with Crippen molar-refractivity contribution < 1.29 is 4.74 Å². The molecule has 0 unspecified atom stereocenters. The predicted octanol–water partition coefficient (Wildman–Crippen LogP) is 5.84. The van der Waals surface area contributed by atoms with Crippen LogP contribution in [0.4, 0.5) is 5.69 Å². The average Bonchev–Trinajstić information content (AvgIpc) is 3.00. The molecule has 1 heterocycles. The van der Waals surface area contributed by atoms with Crippen LogP contribution in [0.3, 0.4) is 0 Å². The Labute approximate surface area is 156 Å². The number of aryl methyl sites for hydroxylation is 1. The predicted molar refractivity (Wildman–Crippen MR) is 109 cm³/mol.